The molecule has 1 aliphatic carbocycles. The molecule has 2 aliphatic rings. The fourth-order valence-electron chi connectivity index (χ4n) is 5.59. The predicted molar refractivity (Wildman–Crippen MR) is 146 cm³/mol. The standard InChI is InChI=1S/C31H42N2O4/c1-3-32-21-13-5-4-6-14-22-33(30(34)23-36-27-18-10-7-15-24(27)2)26-17-9-12-20-29(26)37-28-19-11-8-16-25(28)31(32)35/h7-8,10-11,15-16,18-19,26,29H,3-6,9,12-14,17,20-23H2,1-2H3/t26-,29+/m1/s1. The summed E-state index contributed by atoms with van der Waals surface area (Å²) in [5, 5.41) is 0. The van der Waals surface area contributed by atoms with Gasteiger partial charge < -0.3 is 19.3 Å². The Hall–Kier alpha value is -3.02. The van der Waals surface area contributed by atoms with Gasteiger partial charge in [0.1, 0.15) is 17.6 Å². The van der Waals surface area contributed by atoms with Gasteiger partial charge in [0.25, 0.3) is 11.8 Å². The number of carbonyl (C=O) groups excluding carboxylic acids is 2. The zero-order valence-electron chi connectivity index (χ0n) is 22.5. The second-order valence-electron chi connectivity index (χ2n) is 10.3. The number of aryl methyl sites for hydroxylation is 1. The fraction of sp³-hybridized carbons (Fsp3) is 0.548. The topological polar surface area (TPSA) is 59.1 Å². The van der Waals surface area contributed by atoms with Crippen molar-refractivity contribution in [2.24, 2.45) is 0 Å². The van der Waals surface area contributed by atoms with Crippen LogP contribution < -0.4 is 9.47 Å². The van der Waals surface area contributed by atoms with Crippen LogP contribution in [0.2, 0.25) is 0 Å². The highest BCUT2D eigenvalue weighted by molar-refractivity contribution is 5.97. The van der Waals surface area contributed by atoms with E-state index in [0.29, 0.717) is 24.4 Å². The van der Waals surface area contributed by atoms with Crippen molar-refractivity contribution in [3.8, 4) is 11.5 Å². The van der Waals surface area contributed by atoms with E-state index in [1.165, 1.54) is 0 Å². The summed E-state index contributed by atoms with van der Waals surface area (Å²) in [6.07, 6.45) is 8.95. The molecule has 0 saturated heterocycles. The third-order valence-corrected chi connectivity index (χ3v) is 7.72. The molecule has 1 heterocycles. The number of fused-ring (bicyclic) bond motifs is 2. The van der Waals surface area contributed by atoms with E-state index in [2.05, 4.69) is 0 Å². The lowest BCUT2D eigenvalue weighted by molar-refractivity contribution is -0.139. The molecule has 6 nitrogen and oxygen atoms in total. The number of carbonyl (C=O) groups is 2. The van der Waals surface area contributed by atoms with E-state index in [9.17, 15) is 9.59 Å². The molecular formula is C31H42N2O4. The number of hydrogen-bond donors (Lipinski definition) is 0. The van der Waals surface area contributed by atoms with Gasteiger partial charge >= 0.3 is 0 Å². The maximum absolute atomic E-state index is 13.6. The summed E-state index contributed by atoms with van der Waals surface area (Å²) in [5.41, 5.74) is 1.64. The van der Waals surface area contributed by atoms with Crippen LogP contribution in [0, 0.1) is 6.92 Å². The summed E-state index contributed by atoms with van der Waals surface area (Å²) in [6.45, 7) is 6.21. The first-order valence-corrected chi connectivity index (χ1v) is 14.1. The van der Waals surface area contributed by atoms with Gasteiger partial charge in [-0.15, -0.1) is 0 Å². The summed E-state index contributed by atoms with van der Waals surface area (Å²) in [7, 11) is 0. The molecule has 0 aromatic heterocycles. The van der Waals surface area contributed by atoms with Gasteiger partial charge in [-0.3, -0.25) is 9.59 Å². The van der Waals surface area contributed by atoms with Crippen molar-refractivity contribution in [2.45, 2.75) is 83.8 Å². The quantitative estimate of drug-likeness (QED) is 0.509. The Morgan fingerprint density at radius 2 is 1.62 bits per heavy atom. The third kappa shape index (κ3) is 7.06. The van der Waals surface area contributed by atoms with E-state index in [0.717, 1.165) is 75.6 Å². The molecule has 37 heavy (non-hydrogen) atoms. The monoisotopic (exact) mass is 506 g/mol. The van der Waals surface area contributed by atoms with Crippen LogP contribution in [0.3, 0.4) is 0 Å². The van der Waals surface area contributed by atoms with Crippen molar-refractivity contribution in [1.82, 2.24) is 9.80 Å². The number of benzene rings is 2. The molecule has 200 valence electrons. The minimum atomic E-state index is -0.148. The van der Waals surface area contributed by atoms with E-state index in [1.807, 2.05) is 72.2 Å². The lowest BCUT2D eigenvalue weighted by atomic mass is 9.90. The minimum absolute atomic E-state index is 0.00888. The molecule has 4 rings (SSSR count). The van der Waals surface area contributed by atoms with E-state index in [-0.39, 0.29) is 30.6 Å². The Labute approximate surface area is 221 Å². The Balaban J connectivity index is 1.58. The summed E-state index contributed by atoms with van der Waals surface area (Å²) >= 11 is 0. The second kappa shape index (κ2) is 13.5. The van der Waals surface area contributed by atoms with Crippen LogP contribution in [-0.4, -0.2) is 60.0 Å². The Kier molecular flexibility index (Phi) is 9.86. The average molecular weight is 507 g/mol. The Morgan fingerprint density at radius 1 is 0.919 bits per heavy atom. The number of amides is 2. The average Bonchev–Trinajstić information content (AvgIpc) is 2.92. The molecule has 2 atom stereocenters. The zero-order valence-corrected chi connectivity index (χ0v) is 22.5. The number of nitrogens with zero attached hydrogens (tertiary/aromatic N) is 2. The van der Waals surface area contributed by atoms with Gasteiger partial charge in [0.05, 0.1) is 11.6 Å². The van der Waals surface area contributed by atoms with Crippen LogP contribution in [-0.2, 0) is 4.79 Å². The molecule has 1 fully saturated rings. The van der Waals surface area contributed by atoms with Crippen molar-refractivity contribution in [2.75, 3.05) is 26.2 Å². The normalized spacial score (nSPS) is 21.6. The van der Waals surface area contributed by atoms with Crippen molar-refractivity contribution >= 4 is 11.8 Å². The van der Waals surface area contributed by atoms with Crippen LogP contribution in [0.4, 0.5) is 0 Å². The largest absolute Gasteiger partial charge is 0.487 e. The number of hydrogen-bond acceptors (Lipinski definition) is 4. The second-order valence-corrected chi connectivity index (χ2v) is 10.3. The van der Waals surface area contributed by atoms with Gasteiger partial charge in [-0.1, -0.05) is 56.0 Å². The van der Waals surface area contributed by atoms with E-state index < -0.39 is 0 Å². The van der Waals surface area contributed by atoms with Gasteiger partial charge in [-0.2, -0.15) is 0 Å². The molecule has 1 saturated carbocycles. The molecule has 0 radical (unpaired) electrons. The molecular weight excluding hydrogens is 464 g/mol. The Bertz CT molecular complexity index is 1040. The number of ether oxygens (including phenoxy) is 2. The van der Waals surface area contributed by atoms with Gasteiger partial charge in [0.15, 0.2) is 6.61 Å². The van der Waals surface area contributed by atoms with Crippen LogP contribution >= 0.6 is 0 Å². The third-order valence-electron chi connectivity index (χ3n) is 7.72. The van der Waals surface area contributed by atoms with Crippen molar-refractivity contribution in [1.29, 1.82) is 0 Å². The molecule has 0 spiro atoms. The molecule has 1 aliphatic heterocycles. The highest BCUT2D eigenvalue weighted by Crippen LogP contribution is 2.31. The molecule has 2 amide bonds. The summed E-state index contributed by atoms with van der Waals surface area (Å²) < 4.78 is 12.6. The fourth-order valence-corrected chi connectivity index (χ4v) is 5.59. The van der Waals surface area contributed by atoms with Crippen LogP contribution in [0.25, 0.3) is 0 Å². The Morgan fingerprint density at radius 3 is 2.43 bits per heavy atom. The number of para-hydroxylation sites is 2. The van der Waals surface area contributed by atoms with E-state index in [4.69, 9.17) is 9.47 Å². The SMILES string of the molecule is CCN1CCCCCCCN(C(=O)COc2ccccc2C)[C@@H]2CCCC[C@@H]2Oc2ccccc2C1=O. The van der Waals surface area contributed by atoms with Crippen LogP contribution in [0.1, 0.15) is 80.6 Å². The first-order valence-electron chi connectivity index (χ1n) is 14.1. The summed E-state index contributed by atoms with van der Waals surface area (Å²) in [6, 6.07) is 15.4. The first-order chi connectivity index (χ1) is 18.1. The summed E-state index contributed by atoms with van der Waals surface area (Å²) in [5.74, 6) is 1.41. The van der Waals surface area contributed by atoms with Gasteiger partial charge in [-0.05, 0) is 69.7 Å². The molecule has 0 unspecified atom stereocenters. The van der Waals surface area contributed by atoms with Crippen molar-refractivity contribution in [3.05, 3.63) is 59.7 Å². The molecule has 6 heteroatoms. The smallest absolute Gasteiger partial charge is 0.260 e. The van der Waals surface area contributed by atoms with E-state index >= 15 is 0 Å². The molecule has 0 N–H and O–H groups in total. The highest BCUT2D eigenvalue weighted by Gasteiger charge is 2.35. The van der Waals surface area contributed by atoms with Gasteiger partial charge in [-0.25, -0.2) is 0 Å². The maximum atomic E-state index is 13.6. The van der Waals surface area contributed by atoms with Gasteiger partial charge in [0.2, 0.25) is 0 Å². The van der Waals surface area contributed by atoms with Crippen LogP contribution in [0.5, 0.6) is 11.5 Å². The summed E-state index contributed by atoms with van der Waals surface area (Å²) in [4.78, 5) is 31.0. The minimum Gasteiger partial charge on any atom is -0.487 e. The van der Waals surface area contributed by atoms with Crippen LogP contribution in [0.15, 0.2) is 48.5 Å². The first kappa shape index (κ1) is 27.0. The zero-order chi connectivity index (χ0) is 26.0. The maximum Gasteiger partial charge on any atom is 0.260 e. The van der Waals surface area contributed by atoms with Crippen molar-refractivity contribution in [3.63, 3.8) is 0 Å². The molecule has 0 bridgehead atoms. The number of rotatable bonds is 4. The van der Waals surface area contributed by atoms with Gasteiger partial charge in [0, 0.05) is 19.6 Å². The molecule has 2 aromatic carbocycles. The lowest BCUT2D eigenvalue weighted by Crippen LogP contribution is -2.52. The predicted octanol–water partition coefficient (Wildman–Crippen LogP) is 6.02. The molecule has 2 aromatic rings. The highest BCUT2D eigenvalue weighted by atomic mass is 16.5. The van der Waals surface area contributed by atoms with E-state index in [1.54, 1.807) is 0 Å². The van der Waals surface area contributed by atoms with Crippen molar-refractivity contribution < 1.29 is 19.1 Å². The lowest BCUT2D eigenvalue weighted by Gasteiger charge is -2.40.